The highest BCUT2D eigenvalue weighted by Gasteiger charge is 2.39. The van der Waals surface area contributed by atoms with Gasteiger partial charge in [-0.25, -0.2) is 0 Å². The third-order valence-electron chi connectivity index (χ3n) is 1.53. The van der Waals surface area contributed by atoms with Crippen LogP contribution in [0.4, 0.5) is 13.2 Å². The summed E-state index contributed by atoms with van der Waals surface area (Å²) in [5.41, 5.74) is 4.98. The van der Waals surface area contributed by atoms with E-state index in [0.717, 1.165) is 11.3 Å². The molecule has 0 aromatic carbocycles. The van der Waals surface area contributed by atoms with Crippen LogP contribution in [0.1, 0.15) is 11.6 Å². The molecule has 0 amide bonds. The quantitative estimate of drug-likeness (QED) is 0.814. The van der Waals surface area contributed by atoms with E-state index in [4.69, 9.17) is 10.5 Å². The fourth-order valence-electron chi connectivity index (χ4n) is 0.878. The van der Waals surface area contributed by atoms with Crippen molar-refractivity contribution in [3.8, 4) is 5.06 Å². The van der Waals surface area contributed by atoms with E-state index in [0.29, 0.717) is 0 Å². The van der Waals surface area contributed by atoms with Gasteiger partial charge in [-0.1, -0.05) is 0 Å². The lowest BCUT2D eigenvalue weighted by Crippen LogP contribution is -2.28. The largest absolute Gasteiger partial charge is 0.487 e. The third-order valence-corrected chi connectivity index (χ3v) is 2.42. The highest BCUT2D eigenvalue weighted by atomic mass is 32.1. The fraction of sp³-hybridized carbons (Fsp3) is 0.429. The molecule has 0 radical (unpaired) electrons. The predicted molar refractivity (Wildman–Crippen MR) is 43.9 cm³/mol. The molecular weight excluding hydrogens is 203 g/mol. The van der Waals surface area contributed by atoms with Gasteiger partial charge < -0.3 is 10.5 Å². The zero-order valence-electron chi connectivity index (χ0n) is 6.76. The number of hydrogen-bond acceptors (Lipinski definition) is 3. The van der Waals surface area contributed by atoms with Crippen LogP contribution in [0.15, 0.2) is 11.4 Å². The van der Waals surface area contributed by atoms with E-state index in [1.165, 1.54) is 18.6 Å². The molecule has 13 heavy (non-hydrogen) atoms. The first kappa shape index (κ1) is 10.3. The van der Waals surface area contributed by atoms with Gasteiger partial charge in [0.1, 0.15) is 6.04 Å². The van der Waals surface area contributed by atoms with Gasteiger partial charge in [0, 0.05) is 5.56 Å². The Hall–Kier alpha value is -0.750. The molecule has 1 aromatic rings. The van der Waals surface area contributed by atoms with Crippen molar-refractivity contribution >= 4 is 11.3 Å². The van der Waals surface area contributed by atoms with Crippen molar-refractivity contribution < 1.29 is 17.9 Å². The number of hydrogen-bond donors (Lipinski definition) is 1. The van der Waals surface area contributed by atoms with Crippen LogP contribution in [0, 0.1) is 0 Å². The van der Waals surface area contributed by atoms with Crippen molar-refractivity contribution in [1.29, 1.82) is 0 Å². The van der Waals surface area contributed by atoms with E-state index < -0.39 is 12.2 Å². The molecule has 0 aliphatic rings. The van der Waals surface area contributed by atoms with Crippen molar-refractivity contribution in [2.45, 2.75) is 12.2 Å². The normalized spacial score (nSPS) is 14.2. The monoisotopic (exact) mass is 211 g/mol. The fourth-order valence-corrected chi connectivity index (χ4v) is 1.64. The van der Waals surface area contributed by atoms with Crippen molar-refractivity contribution in [1.82, 2.24) is 0 Å². The van der Waals surface area contributed by atoms with Crippen molar-refractivity contribution in [3.05, 3.63) is 17.0 Å². The average Bonchev–Trinajstić information content (AvgIpc) is 2.48. The molecule has 1 aromatic heterocycles. The summed E-state index contributed by atoms with van der Waals surface area (Å²) in [7, 11) is 1.32. The summed E-state index contributed by atoms with van der Waals surface area (Å²) in [4.78, 5) is 0. The van der Waals surface area contributed by atoms with Gasteiger partial charge in [0.15, 0.2) is 5.06 Å². The van der Waals surface area contributed by atoms with Gasteiger partial charge in [-0.2, -0.15) is 13.2 Å². The second-order valence-corrected chi connectivity index (χ2v) is 3.27. The minimum Gasteiger partial charge on any atom is -0.487 e. The standard InChI is InChI=1S/C7H8F3NOS/c1-12-6-4(2-3-13-6)5(11)7(8,9)10/h2-3,5H,11H2,1H3/t5-/m1/s1. The van der Waals surface area contributed by atoms with Crippen LogP contribution in [0.3, 0.4) is 0 Å². The number of thiophene rings is 1. The number of alkyl halides is 3. The maximum absolute atomic E-state index is 12.2. The molecule has 0 fully saturated rings. The van der Waals surface area contributed by atoms with Crippen LogP contribution in [0.25, 0.3) is 0 Å². The molecule has 1 atom stereocenters. The Labute approximate surface area is 77.1 Å². The second-order valence-electron chi connectivity index (χ2n) is 2.39. The molecular formula is C7H8F3NOS. The molecule has 1 heterocycles. The Balaban J connectivity index is 2.94. The van der Waals surface area contributed by atoms with Crippen molar-refractivity contribution in [2.75, 3.05) is 7.11 Å². The molecule has 0 unspecified atom stereocenters. The second kappa shape index (κ2) is 3.55. The van der Waals surface area contributed by atoms with E-state index in [2.05, 4.69) is 0 Å². The maximum atomic E-state index is 12.2. The number of rotatable bonds is 2. The molecule has 2 nitrogen and oxygen atoms in total. The van der Waals surface area contributed by atoms with Gasteiger partial charge in [0.25, 0.3) is 0 Å². The molecule has 0 bridgehead atoms. The molecule has 1 rings (SSSR count). The highest BCUT2D eigenvalue weighted by molar-refractivity contribution is 7.12. The molecule has 0 aliphatic carbocycles. The Bertz CT molecular complexity index is 284. The molecule has 0 aliphatic heterocycles. The van der Waals surface area contributed by atoms with Gasteiger partial charge in [0.05, 0.1) is 7.11 Å². The first-order chi connectivity index (χ1) is 5.96. The Morgan fingerprint density at radius 1 is 1.54 bits per heavy atom. The van der Waals surface area contributed by atoms with E-state index in [-0.39, 0.29) is 10.6 Å². The van der Waals surface area contributed by atoms with Crippen LogP contribution in [-0.4, -0.2) is 13.3 Å². The molecule has 0 spiro atoms. The number of nitrogens with two attached hydrogens (primary N) is 1. The highest BCUT2D eigenvalue weighted by Crippen LogP contribution is 2.38. The summed E-state index contributed by atoms with van der Waals surface area (Å²) in [5.74, 6) is 0. The van der Waals surface area contributed by atoms with Crippen LogP contribution < -0.4 is 10.5 Å². The van der Waals surface area contributed by atoms with Crippen LogP contribution in [0.2, 0.25) is 0 Å². The third kappa shape index (κ3) is 2.13. The zero-order chi connectivity index (χ0) is 10.1. The van der Waals surface area contributed by atoms with Crippen molar-refractivity contribution in [3.63, 3.8) is 0 Å². The smallest absolute Gasteiger partial charge is 0.407 e. The topological polar surface area (TPSA) is 35.2 Å². The summed E-state index contributed by atoms with van der Waals surface area (Å²) < 4.78 is 41.2. The van der Waals surface area contributed by atoms with E-state index in [1.54, 1.807) is 0 Å². The lowest BCUT2D eigenvalue weighted by Gasteiger charge is -2.15. The number of halogens is 3. The Morgan fingerprint density at radius 3 is 2.62 bits per heavy atom. The summed E-state index contributed by atoms with van der Waals surface area (Å²) in [6.45, 7) is 0. The molecule has 74 valence electrons. The predicted octanol–water partition coefficient (Wildman–Crippen LogP) is 2.32. The van der Waals surface area contributed by atoms with E-state index in [1.807, 2.05) is 0 Å². The lowest BCUT2D eigenvalue weighted by atomic mass is 10.1. The van der Waals surface area contributed by atoms with E-state index in [9.17, 15) is 13.2 Å². The number of methoxy groups -OCH3 is 1. The minimum atomic E-state index is -4.42. The molecule has 2 N–H and O–H groups in total. The van der Waals surface area contributed by atoms with E-state index >= 15 is 0 Å². The molecule has 0 saturated carbocycles. The van der Waals surface area contributed by atoms with Crippen LogP contribution >= 0.6 is 11.3 Å². The number of ether oxygens (including phenoxy) is 1. The van der Waals surface area contributed by atoms with Crippen LogP contribution in [-0.2, 0) is 0 Å². The van der Waals surface area contributed by atoms with Gasteiger partial charge >= 0.3 is 6.18 Å². The van der Waals surface area contributed by atoms with Gasteiger partial charge in [-0.05, 0) is 11.4 Å². The Kier molecular flexibility index (Phi) is 2.82. The Morgan fingerprint density at radius 2 is 2.15 bits per heavy atom. The zero-order valence-corrected chi connectivity index (χ0v) is 7.58. The van der Waals surface area contributed by atoms with Gasteiger partial charge in [-0.3, -0.25) is 0 Å². The summed E-state index contributed by atoms with van der Waals surface area (Å²) in [5, 5.41) is 1.73. The van der Waals surface area contributed by atoms with Crippen LogP contribution in [0.5, 0.6) is 5.06 Å². The first-order valence-electron chi connectivity index (χ1n) is 3.40. The minimum absolute atomic E-state index is 0.0139. The SMILES string of the molecule is COc1sccc1[C@@H](N)C(F)(F)F. The summed E-state index contributed by atoms with van der Waals surface area (Å²) >= 11 is 1.09. The van der Waals surface area contributed by atoms with Crippen molar-refractivity contribution in [2.24, 2.45) is 5.73 Å². The van der Waals surface area contributed by atoms with Gasteiger partial charge in [-0.15, -0.1) is 11.3 Å². The average molecular weight is 211 g/mol. The lowest BCUT2D eigenvalue weighted by molar-refractivity contribution is -0.149. The summed E-state index contributed by atoms with van der Waals surface area (Å²) in [6.07, 6.45) is -4.42. The maximum Gasteiger partial charge on any atom is 0.407 e. The van der Waals surface area contributed by atoms with Gasteiger partial charge in [0.2, 0.25) is 0 Å². The first-order valence-corrected chi connectivity index (χ1v) is 4.28. The molecule has 6 heteroatoms. The summed E-state index contributed by atoms with van der Waals surface area (Å²) in [6, 6.07) is -0.643. The molecule has 0 saturated heterocycles.